The van der Waals surface area contributed by atoms with Gasteiger partial charge in [-0.1, -0.05) is 6.92 Å². The maximum absolute atomic E-state index is 12.7. The van der Waals surface area contributed by atoms with E-state index in [2.05, 4.69) is 4.72 Å². The van der Waals surface area contributed by atoms with E-state index in [1.165, 1.54) is 12.1 Å². The molecule has 1 aliphatic carbocycles. The van der Waals surface area contributed by atoms with E-state index in [1.807, 2.05) is 6.92 Å². The number of hydrogen-bond acceptors (Lipinski definition) is 2. The van der Waals surface area contributed by atoms with Gasteiger partial charge in [0.25, 0.3) is 0 Å². The third-order valence-electron chi connectivity index (χ3n) is 3.46. The van der Waals surface area contributed by atoms with Crippen molar-refractivity contribution in [3.8, 4) is 0 Å². The molecule has 0 saturated heterocycles. The summed E-state index contributed by atoms with van der Waals surface area (Å²) in [5, 5.41) is 0. The molecule has 0 aromatic heterocycles. The minimum absolute atomic E-state index is 0.124. The summed E-state index contributed by atoms with van der Waals surface area (Å²) in [5.41, 5.74) is -0.285. The van der Waals surface area contributed by atoms with E-state index in [-0.39, 0.29) is 10.4 Å². The minimum atomic E-state index is -3.52. The van der Waals surface area contributed by atoms with Crippen LogP contribution in [0.15, 0.2) is 29.2 Å². The van der Waals surface area contributed by atoms with Gasteiger partial charge in [-0.3, -0.25) is 0 Å². The Morgan fingerprint density at radius 3 is 2.29 bits per heavy atom. The number of hydrogen-bond donors (Lipinski definition) is 1. The van der Waals surface area contributed by atoms with Crippen molar-refractivity contribution in [3.05, 3.63) is 30.1 Å². The summed E-state index contributed by atoms with van der Waals surface area (Å²) in [4.78, 5) is 0.124. The first-order chi connectivity index (χ1) is 7.97. The lowest BCUT2D eigenvalue weighted by Crippen LogP contribution is -2.52. The van der Waals surface area contributed by atoms with Gasteiger partial charge in [-0.2, -0.15) is 0 Å². The van der Waals surface area contributed by atoms with E-state index in [0.717, 1.165) is 37.8 Å². The molecule has 1 saturated carbocycles. The van der Waals surface area contributed by atoms with Gasteiger partial charge in [0.15, 0.2) is 0 Å². The highest BCUT2D eigenvalue weighted by atomic mass is 32.2. The quantitative estimate of drug-likeness (QED) is 0.900. The fraction of sp³-hybridized carbons (Fsp3) is 0.500. The summed E-state index contributed by atoms with van der Waals surface area (Å²) < 4.78 is 39.6. The molecule has 1 aromatic carbocycles. The normalized spacial score (nSPS) is 18.7. The number of rotatable bonds is 4. The summed E-state index contributed by atoms with van der Waals surface area (Å²) >= 11 is 0. The molecule has 0 spiro atoms. The van der Waals surface area contributed by atoms with Gasteiger partial charge in [0.2, 0.25) is 10.0 Å². The van der Waals surface area contributed by atoms with Crippen LogP contribution in [0.4, 0.5) is 4.39 Å². The molecule has 1 N–H and O–H groups in total. The van der Waals surface area contributed by atoms with Crippen molar-refractivity contribution in [2.24, 2.45) is 0 Å². The van der Waals surface area contributed by atoms with Crippen LogP contribution in [-0.4, -0.2) is 14.0 Å². The van der Waals surface area contributed by atoms with Crippen LogP contribution in [0.3, 0.4) is 0 Å². The predicted octanol–water partition coefficient (Wildman–Crippen LogP) is 2.44. The van der Waals surface area contributed by atoms with E-state index in [1.54, 1.807) is 0 Å². The first kappa shape index (κ1) is 12.5. The molecule has 1 aromatic rings. The van der Waals surface area contributed by atoms with Crippen LogP contribution in [0.25, 0.3) is 0 Å². The SMILES string of the molecule is CCC1(NS(=O)(=O)c2ccc(F)cc2)CCC1. The predicted molar refractivity (Wildman–Crippen MR) is 63.6 cm³/mol. The van der Waals surface area contributed by atoms with Crippen molar-refractivity contribution in [3.63, 3.8) is 0 Å². The van der Waals surface area contributed by atoms with Crippen molar-refractivity contribution in [1.29, 1.82) is 0 Å². The monoisotopic (exact) mass is 257 g/mol. The zero-order valence-corrected chi connectivity index (χ0v) is 10.6. The van der Waals surface area contributed by atoms with Crippen molar-refractivity contribution in [1.82, 2.24) is 4.72 Å². The van der Waals surface area contributed by atoms with Crippen molar-refractivity contribution >= 4 is 10.0 Å². The molecular weight excluding hydrogens is 241 g/mol. The van der Waals surface area contributed by atoms with E-state index in [0.29, 0.717) is 0 Å². The van der Waals surface area contributed by atoms with E-state index in [4.69, 9.17) is 0 Å². The lowest BCUT2D eigenvalue weighted by atomic mass is 9.76. The summed E-state index contributed by atoms with van der Waals surface area (Å²) in [6.45, 7) is 1.98. The van der Waals surface area contributed by atoms with Gasteiger partial charge in [0.05, 0.1) is 4.90 Å². The van der Waals surface area contributed by atoms with E-state index >= 15 is 0 Å². The Hall–Kier alpha value is -0.940. The number of halogens is 1. The molecule has 3 nitrogen and oxygen atoms in total. The Balaban J connectivity index is 2.22. The van der Waals surface area contributed by atoms with Crippen LogP contribution < -0.4 is 4.72 Å². The second-order valence-corrected chi connectivity index (χ2v) is 6.23. The first-order valence-electron chi connectivity index (χ1n) is 5.77. The molecule has 0 unspecified atom stereocenters. The second-order valence-electron chi connectivity index (χ2n) is 4.55. The van der Waals surface area contributed by atoms with Crippen LogP contribution in [0, 0.1) is 5.82 Å². The van der Waals surface area contributed by atoms with Gasteiger partial charge < -0.3 is 0 Å². The van der Waals surface area contributed by atoms with Crippen molar-refractivity contribution in [2.75, 3.05) is 0 Å². The van der Waals surface area contributed by atoms with Crippen LogP contribution in [0.2, 0.25) is 0 Å². The number of sulfonamides is 1. The lowest BCUT2D eigenvalue weighted by molar-refractivity contribution is 0.214. The highest BCUT2D eigenvalue weighted by molar-refractivity contribution is 7.89. The van der Waals surface area contributed by atoms with Gasteiger partial charge in [-0.25, -0.2) is 17.5 Å². The van der Waals surface area contributed by atoms with Crippen molar-refractivity contribution in [2.45, 2.75) is 43.0 Å². The number of benzene rings is 1. The van der Waals surface area contributed by atoms with Crippen LogP contribution in [0.5, 0.6) is 0 Å². The summed E-state index contributed by atoms with van der Waals surface area (Å²) in [6, 6.07) is 4.90. The lowest BCUT2D eigenvalue weighted by Gasteiger charge is -2.41. The molecule has 17 heavy (non-hydrogen) atoms. The zero-order valence-electron chi connectivity index (χ0n) is 9.74. The molecule has 0 radical (unpaired) electrons. The molecule has 0 atom stereocenters. The van der Waals surface area contributed by atoms with Crippen LogP contribution in [0.1, 0.15) is 32.6 Å². The van der Waals surface area contributed by atoms with Crippen LogP contribution >= 0.6 is 0 Å². The average Bonchev–Trinajstić information content (AvgIpc) is 2.24. The Bertz CT molecular complexity index is 486. The molecular formula is C12H16FNO2S. The van der Waals surface area contributed by atoms with E-state index in [9.17, 15) is 12.8 Å². The highest BCUT2D eigenvalue weighted by Crippen LogP contribution is 2.36. The Labute approximate surface area is 101 Å². The highest BCUT2D eigenvalue weighted by Gasteiger charge is 2.38. The van der Waals surface area contributed by atoms with Crippen LogP contribution in [-0.2, 0) is 10.0 Å². The third kappa shape index (κ3) is 2.50. The molecule has 2 rings (SSSR count). The molecule has 1 fully saturated rings. The maximum atomic E-state index is 12.7. The van der Waals surface area contributed by atoms with Gasteiger partial charge in [-0.05, 0) is 49.9 Å². The molecule has 0 aliphatic heterocycles. The summed E-state index contributed by atoms with van der Waals surface area (Å²) in [6.07, 6.45) is 3.60. The van der Waals surface area contributed by atoms with E-state index < -0.39 is 15.8 Å². The Kier molecular flexibility index (Phi) is 3.23. The smallest absolute Gasteiger partial charge is 0.207 e. The Morgan fingerprint density at radius 1 is 1.29 bits per heavy atom. The van der Waals surface area contributed by atoms with Gasteiger partial charge in [-0.15, -0.1) is 0 Å². The first-order valence-corrected chi connectivity index (χ1v) is 7.25. The number of nitrogens with one attached hydrogen (secondary N) is 1. The zero-order chi connectivity index (χ0) is 12.5. The molecule has 0 amide bonds. The Morgan fingerprint density at radius 2 is 1.88 bits per heavy atom. The molecule has 0 bridgehead atoms. The second kappa shape index (κ2) is 4.38. The summed E-state index contributed by atoms with van der Waals surface area (Å²) in [5.74, 6) is -0.433. The van der Waals surface area contributed by atoms with Gasteiger partial charge in [0, 0.05) is 5.54 Å². The average molecular weight is 257 g/mol. The molecule has 1 aliphatic rings. The maximum Gasteiger partial charge on any atom is 0.241 e. The minimum Gasteiger partial charge on any atom is -0.207 e. The fourth-order valence-corrected chi connectivity index (χ4v) is 3.62. The standard InChI is InChI=1S/C12H16FNO2S/c1-2-12(8-3-9-12)14-17(15,16)11-6-4-10(13)5-7-11/h4-7,14H,2-3,8-9H2,1H3. The third-order valence-corrected chi connectivity index (χ3v) is 5.06. The van der Waals surface area contributed by atoms with Crippen molar-refractivity contribution < 1.29 is 12.8 Å². The topological polar surface area (TPSA) is 46.2 Å². The molecule has 0 heterocycles. The molecule has 94 valence electrons. The van der Waals surface area contributed by atoms with Gasteiger partial charge >= 0.3 is 0 Å². The fourth-order valence-electron chi connectivity index (χ4n) is 2.09. The molecule has 5 heteroatoms. The summed E-state index contributed by atoms with van der Waals surface area (Å²) in [7, 11) is -3.52. The van der Waals surface area contributed by atoms with Gasteiger partial charge in [0.1, 0.15) is 5.82 Å². The largest absolute Gasteiger partial charge is 0.241 e.